The van der Waals surface area contributed by atoms with Crippen LogP contribution >= 0.6 is 0 Å². The Balaban J connectivity index is 4.28. The normalized spacial score (nSPS) is 13.0. The quantitative estimate of drug-likeness (QED) is 0.0261. The van der Waals surface area contributed by atoms with Crippen LogP contribution in [0.4, 0.5) is 0 Å². The van der Waals surface area contributed by atoms with Crippen LogP contribution in [0, 0.1) is 0 Å². The molecular weight excluding hydrogens is 937 g/mol. The van der Waals surface area contributed by atoms with Crippen LogP contribution in [0.1, 0.15) is 271 Å². The summed E-state index contributed by atoms with van der Waals surface area (Å²) in [5.41, 5.74) is 0. The van der Waals surface area contributed by atoms with Gasteiger partial charge in [0.25, 0.3) is 0 Å². The van der Waals surface area contributed by atoms with E-state index < -0.39 is 6.10 Å². The molecule has 0 aliphatic heterocycles. The summed E-state index contributed by atoms with van der Waals surface area (Å²) in [6.07, 6.45) is 88.9. The Kier molecular flexibility index (Phi) is 59.4. The van der Waals surface area contributed by atoms with Crippen molar-refractivity contribution in [2.75, 3.05) is 13.2 Å². The molecule has 0 amide bonds. The molecule has 0 aromatic heterocycles. The van der Waals surface area contributed by atoms with E-state index in [2.05, 4.69) is 154 Å². The lowest BCUT2D eigenvalue weighted by molar-refractivity contribution is -0.167. The van der Waals surface area contributed by atoms with E-state index >= 15 is 0 Å². The van der Waals surface area contributed by atoms with Crippen LogP contribution in [0.2, 0.25) is 0 Å². The molecule has 0 saturated carbocycles. The molecule has 0 aliphatic carbocycles. The molecule has 76 heavy (non-hydrogen) atoms. The first-order chi connectivity index (χ1) is 37.5. The smallest absolute Gasteiger partial charge is 0.306 e. The van der Waals surface area contributed by atoms with Crippen molar-refractivity contribution in [3.05, 3.63) is 134 Å². The second-order valence-corrected chi connectivity index (χ2v) is 20.2. The molecule has 6 heteroatoms. The van der Waals surface area contributed by atoms with E-state index in [9.17, 15) is 14.4 Å². The predicted molar refractivity (Wildman–Crippen MR) is 329 cm³/mol. The third-order valence-corrected chi connectivity index (χ3v) is 12.9. The average molecular weight is 1050 g/mol. The van der Waals surface area contributed by atoms with Crippen molar-refractivity contribution < 1.29 is 28.6 Å². The molecule has 0 fully saturated rings. The Labute approximate surface area is 468 Å². The molecule has 0 aliphatic rings. The number of ether oxygens (including phenoxy) is 3. The van der Waals surface area contributed by atoms with Crippen LogP contribution in [0.25, 0.3) is 0 Å². The molecule has 1 atom stereocenters. The summed E-state index contributed by atoms with van der Waals surface area (Å²) in [6, 6.07) is 0. The van der Waals surface area contributed by atoms with Gasteiger partial charge in [0.15, 0.2) is 6.10 Å². The van der Waals surface area contributed by atoms with Gasteiger partial charge in [-0.3, -0.25) is 14.4 Å². The first-order valence-corrected chi connectivity index (χ1v) is 31.2. The maximum atomic E-state index is 12.9. The number of unbranched alkanes of at least 4 members (excludes halogenated alkanes) is 22. The van der Waals surface area contributed by atoms with Crippen molar-refractivity contribution in [2.45, 2.75) is 277 Å². The van der Waals surface area contributed by atoms with Crippen LogP contribution in [0.3, 0.4) is 0 Å². The number of hydrogen-bond acceptors (Lipinski definition) is 6. The monoisotopic (exact) mass is 1050 g/mol. The molecule has 430 valence electrons. The Morgan fingerprint density at radius 3 is 0.803 bits per heavy atom. The number of allylic oxidation sites excluding steroid dienone is 22. The molecule has 0 spiro atoms. The highest BCUT2D eigenvalue weighted by molar-refractivity contribution is 5.71. The molecule has 0 saturated heterocycles. The molecule has 0 aromatic rings. The van der Waals surface area contributed by atoms with Crippen molar-refractivity contribution in [1.29, 1.82) is 0 Å². The lowest BCUT2D eigenvalue weighted by Gasteiger charge is -2.18. The topological polar surface area (TPSA) is 78.9 Å². The standard InChI is InChI=1S/C70H114O6/c1-4-7-10-13-16-19-21-23-25-27-29-31-33-34-35-36-38-39-41-43-45-47-49-51-54-57-60-63-69(72)75-66-67(65-74-68(71)62-59-56-53-18-15-12-9-6-3)76-70(73)64-61-58-55-52-50-48-46-44-42-40-37-32-30-28-26-24-22-20-17-14-11-8-5-2/h7-8,10-11,16-17,19-20,23-26,29-32,34-35,38-39,43,45,67H,4-6,9,12-15,18,21-22,27-28,33,36-37,40-42,44,46-66H2,1-3H3/b10-7-,11-8-,19-16-,20-17-,25-23-,26-24-,31-29-,32-30-,35-34-,39-38-,45-43-. The summed E-state index contributed by atoms with van der Waals surface area (Å²) >= 11 is 0. The van der Waals surface area contributed by atoms with Gasteiger partial charge in [-0.2, -0.15) is 0 Å². The zero-order valence-corrected chi connectivity index (χ0v) is 49.2. The minimum Gasteiger partial charge on any atom is -0.462 e. The zero-order valence-electron chi connectivity index (χ0n) is 49.2. The number of rotatable bonds is 55. The lowest BCUT2D eigenvalue weighted by atomic mass is 10.0. The third kappa shape index (κ3) is 60.4. The van der Waals surface area contributed by atoms with Gasteiger partial charge in [-0.25, -0.2) is 0 Å². The highest BCUT2D eigenvalue weighted by atomic mass is 16.6. The molecule has 0 bridgehead atoms. The van der Waals surface area contributed by atoms with Crippen LogP contribution in [0.5, 0.6) is 0 Å². The molecule has 0 radical (unpaired) electrons. The second-order valence-electron chi connectivity index (χ2n) is 20.2. The van der Waals surface area contributed by atoms with Crippen LogP contribution in [-0.4, -0.2) is 37.2 Å². The van der Waals surface area contributed by atoms with Crippen molar-refractivity contribution in [2.24, 2.45) is 0 Å². The highest BCUT2D eigenvalue weighted by Crippen LogP contribution is 2.15. The summed E-state index contributed by atoms with van der Waals surface area (Å²) < 4.78 is 16.8. The van der Waals surface area contributed by atoms with Gasteiger partial charge >= 0.3 is 17.9 Å². The van der Waals surface area contributed by atoms with E-state index in [1.165, 1.54) is 83.5 Å². The van der Waals surface area contributed by atoms with E-state index in [0.29, 0.717) is 19.3 Å². The average Bonchev–Trinajstić information content (AvgIpc) is 3.42. The van der Waals surface area contributed by atoms with Gasteiger partial charge in [-0.05, 0) is 116 Å². The fourth-order valence-electron chi connectivity index (χ4n) is 8.30. The predicted octanol–water partition coefficient (Wildman–Crippen LogP) is 21.4. The molecule has 0 N–H and O–H groups in total. The molecular formula is C70H114O6. The first-order valence-electron chi connectivity index (χ1n) is 31.2. The van der Waals surface area contributed by atoms with Crippen molar-refractivity contribution in [3.63, 3.8) is 0 Å². The Bertz CT molecular complexity index is 1630. The summed E-state index contributed by atoms with van der Waals surface area (Å²) in [6.45, 7) is 6.37. The maximum Gasteiger partial charge on any atom is 0.306 e. The van der Waals surface area contributed by atoms with Crippen molar-refractivity contribution in [1.82, 2.24) is 0 Å². The summed E-state index contributed by atoms with van der Waals surface area (Å²) in [7, 11) is 0. The van der Waals surface area contributed by atoms with E-state index in [4.69, 9.17) is 14.2 Å². The number of esters is 3. The summed E-state index contributed by atoms with van der Waals surface area (Å²) in [4.78, 5) is 38.1. The highest BCUT2D eigenvalue weighted by Gasteiger charge is 2.19. The van der Waals surface area contributed by atoms with Gasteiger partial charge in [0, 0.05) is 19.3 Å². The molecule has 6 nitrogen and oxygen atoms in total. The van der Waals surface area contributed by atoms with Crippen LogP contribution < -0.4 is 0 Å². The minimum atomic E-state index is -0.791. The number of carbonyl (C=O) groups is 3. The lowest BCUT2D eigenvalue weighted by Crippen LogP contribution is -2.30. The Hall–Kier alpha value is -4.45. The van der Waals surface area contributed by atoms with E-state index in [0.717, 1.165) is 148 Å². The fraction of sp³-hybridized carbons (Fsp3) is 0.643. The van der Waals surface area contributed by atoms with Gasteiger partial charge < -0.3 is 14.2 Å². The van der Waals surface area contributed by atoms with E-state index in [1.807, 2.05) is 0 Å². The molecule has 1 unspecified atom stereocenters. The van der Waals surface area contributed by atoms with E-state index in [-0.39, 0.29) is 31.1 Å². The van der Waals surface area contributed by atoms with Crippen LogP contribution in [-0.2, 0) is 28.6 Å². The maximum absolute atomic E-state index is 12.9. The van der Waals surface area contributed by atoms with Gasteiger partial charge in [0.1, 0.15) is 13.2 Å². The second kappa shape index (κ2) is 63.1. The summed E-state index contributed by atoms with van der Waals surface area (Å²) in [5, 5.41) is 0. The third-order valence-electron chi connectivity index (χ3n) is 12.9. The van der Waals surface area contributed by atoms with Gasteiger partial charge in [-0.15, -0.1) is 0 Å². The summed E-state index contributed by atoms with van der Waals surface area (Å²) in [5.74, 6) is -0.917. The van der Waals surface area contributed by atoms with Crippen molar-refractivity contribution in [3.8, 4) is 0 Å². The minimum absolute atomic E-state index is 0.0882. The van der Waals surface area contributed by atoms with Gasteiger partial charge in [0.2, 0.25) is 0 Å². The van der Waals surface area contributed by atoms with Gasteiger partial charge in [-0.1, -0.05) is 270 Å². The van der Waals surface area contributed by atoms with Gasteiger partial charge in [0.05, 0.1) is 0 Å². The molecule has 0 aromatic carbocycles. The molecule has 0 rings (SSSR count). The largest absolute Gasteiger partial charge is 0.462 e. The molecule has 0 heterocycles. The Morgan fingerprint density at radius 2 is 0.513 bits per heavy atom. The number of hydrogen-bond donors (Lipinski definition) is 0. The Morgan fingerprint density at radius 1 is 0.276 bits per heavy atom. The zero-order chi connectivity index (χ0) is 55.0. The van der Waals surface area contributed by atoms with Crippen molar-refractivity contribution >= 4 is 17.9 Å². The van der Waals surface area contributed by atoms with Crippen LogP contribution in [0.15, 0.2) is 134 Å². The fourth-order valence-corrected chi connectivity index (χ4v) is 8.30. The SMILES string of the molecule is CC/C=C\C/C=C\C/C=C\C/C=C\C/C=C\C/C=C\C/C=C\CCCCCCCC(=O)OCC(COC(=O)CCCCCCCCCC)OC(=O)CCCCCCCCCCCC/C=C\C/C=C\C/C=C\C/C=C\CC. The first kappa shape index (κ1) is 71.5. The van der Waals surface area contributed by atoms with E-state index in [1.54, 1.807) is 0 Å². The number of carbonyl (C=O) groups excluding carboxylic acids is 3.